The van der Waals surface area contributed by atoms with Gasteiger partial charge in [-0.15, -0.1) is 0 Å². The maximum atomic E-state index is 13.6. The molecule has 3 fully saturated rings. The number of benzene rings is 1. The highest BCUT2D eigenvalue weighted by molar-refractivity contribution is 8.13. The summed E-state index contributed by atoms with van der Waals surface area (Å²) >= 11 is 1.00. The van der Waals surface area contributed by atoms with Crippen LogP contribution in [0.15, 0.2) is 52.7 Å². The van der Waals surface area contributed by atoms with Crippen molar-refractivity contribution in [2.24, 2.45) is 45.0 Å². The van der Waals surface area contributed by atoms with E-state index in [2.05, 4.69) is 13.0 Å². The van der Waals surface area contributed by atoms with E-state index in [1.54, 1.807) is 25.3 Å². The molecule has 0 spiro atoms. The number of aliphatic hydroxyl groups excluding tert-OH is 1. The van der Waals surface area contributed by atoms with Crippen LogP contribution < -0.4 is 11.5 Å². The van der Waals surface area contributed by atoms with Crippen LogP contribution >= 0.6 is 11.8 Å². The molecule has 3 unspecified atom stereocenters. The SMILES string of the molecule is CCC(=O)O[C@]1(C(=O)SCN)CCC2[C@@H]3CCC4=CC(=Nc5ccc(F)cc5)C(=CN)C[C@]4(C)C3C(O)C[C@@]21C. The molecule has 7 nitrogen and oxygen atoms in total. The number of esters is 1. The van der Waals surface area contributed by atoms with Gasteiger partial charge in [-0.2, -0.15) is 0 Å². The fourth-order valence-electron chi connectivity index (χ4n) is 8.58. The minimum atomic E-state index is -1.29. The fourth-order valence-corrected chi connectivity index (χ4v) is 9.34. The summed E-state index contributed by atoms with van der Waals surface area (Å²) in [6.07, 6.45) is 7.09. The molecule has 216 valence electrons. The maximum absolute atomic E-state index is 13.6. The van der Waals surface area contributed by atoms with Crippen molar-refractivity contribution in [1.29, 1.82) is 0 Å². The van der Waals surface area contributed by atoms with E-state index in [-0.39, 0.29) is 46.4 Å². The predicted molar refractivity (Wildman–Crippen MR) is 155 cm³/mol. The van der Waals surface area contributed by atoms with Crippen molar-refractivity contribution in [3.8, 4) is 0 Å². The average molecular weight is 570 g/mol. The first kappa shape index (κ1) is 29.0. The Morgan fingerprint density at radius 1 is 1.25 bits per heavy atom. The third-order valence-corrected chi connectivity index (χ3v) is 11.1. The van der Waals surface area contributed by atoms with Gasteiger partial charge in [-0.3, -0.25) is 9.59 Å². The highest BCUT2D eigenvalue weighted by Crippen LogP contribution is 2.69. The van der Waals surface area contributed by atoms with Gasteiger partial charge in [0.2, 0.25) is 5.12 Å². The second kappa shape index (κ2) is 10.7. The van der Waals surface area contributed by atoms with Crippen molar-refractivity contribution in [2.75, 3.05) is 5.88 Å². The molecule has 7 atom stereocenters. The lowest BCUT2D eigenvalue weighted by atomic mass is 9.45. The maximum Gasteiger partial charge on any atom is 0.306 e. The molecular formula is C31H40FN3O4S. The van der Waals surface area contributed by atoms with E-state index in [9.17, 15) is 19.1 Å². The van der Waals surface area contributed by atoms with E-state index in [1.165, 1.54) is 17.7 Å². The number of nitrogens with two attached hydrogens (primary N) is 2. The summed E-state index contributed by atoms with van der Waals surface area (Å²) in [6.45, 7) is 5.98. The Morgan fingerprint density at radius 3 is 2.62 bits per heavy atom. The van der Waals surface area contributed by atoms with Crippen LogP contribution in [-0.2, 0) is 14.3 Å². The topological polar surface area (TPSA) is 128 Å². The Bertz CT molecular complexity index is 1280. The van der Waals surface area contributed by atoms with Gasteiger partial charge in [-0.25, -0.2) is 9.38 Å². The number of fused-ring (bicyclic) bond motifs is 5. The Labute approximate surface area is 239 Å². The summed E-state index contributed by atoms with van der Waals surface area (Å²) in [5.74, 6) is -0.365. The molecule has 3 saturated carbocycles. The van der Waals surface area contributed by atoms with Gasteiger partial charge in [0.1, 0.15) is 5.82 Å². The average Bonchev–Trinajstić information content (AvgIpc) is 3.21. The minimum absolute atomic E-state index is 0.0390. The third-order valence-electron chi connectivity index (χ3n) is 10.4. The monoisotopic (exact) mass is 569 g/mol. The molecular weight excluding hydrogens is 529 g/mol. The van der Waals surface area contributed by atoms with Crippen LogP contribution in [0.2, 0.25) is 0 Å². The largest absolute Gasteiger partial charge is 0.449 e. The molecule has 4 aliphatic carbocycles. The molecule has 1 aromatic carbocycles. The van der Waals surface area contributed by atoms with Crippen LogP contribution in [0.1, 0.15) is 65.7 Å². The van der Waals surface area contributed by atoms with Crippen molar-refractivity contribution in [3.63, 3.8) is 0 Å². The zero-order valence-electron chi connectivity index (χ0n) is 23.5. The van der Waals surface area contributed by atoms with Crippen LogP contribution in [0.25, 0.3) is 0 Å². The van der Waals surface area contributed by atoms with Crippen LogP contribution in [0.5, 0.6) is 0 Å². The molecule has 40 heavy (non-hydrogen) atoms. The van der Waals surface area contributed by atoms with Gasteiger partial charge in [-0.05, 0) is 104 Å². The molecule has 1 aromatic rings. The Morgan fingerprint density at radius 2 is 1.98 bits per heavy atom. The summed E-state index contributed by atoms with van der Waals surface area (Å²) in [7, 11) is 0. The number of ether oxygens (including phenoxy) is 1. The van der Waals surface area contributed by atoms with E-state index in [1.807, 2.05) is 6.92 Å². The zero-order chi connectivity index (χ0) is 28.9. The van der Waals surface area contributed by atoms with Crippen molar-refractivity contribution in [2.45, 2.75) is 77.4 Å². The lowest BCUT2D eigenvalue weighted by Gasteiger charge is -2.60. The molecule has 0 saturated heterocycles. The molecule has 0 bridgehead atoms. The standard InChI is InChI=1S/C31H40FN3O4S/c1-4-26(37)39-31(28(38)40-17-34)12-11-23-22-10-5-19-13-24(35-21-8-6-20(32)7-9-21)18(16-33)14-29(19,2)27(22)25(36)15-30(23,31)3/h6-9,13,16,22-23,25,27,36H,4-5,10-12,14-15,17,33-34H2,1-3H3/t22-,23?,25?,27?,29-,30-,31-/m0/s1. The van der Waals surface area contributed by atoms with Gasteiger partial charge in [0.15, 0.2) is 5.60 Å². The Balaban J connectivity index is 1.52. The van der Waals surface area contributed by atoms with E-state index in [4.69, 9.17) is 21.2 Å². The van der Waals surface area contributed by atoms with E-state index in [0.29, 0.717) is 24.9 Å². The summed E-state index contributed by atoms with van der Waals surface area (Å²) in [5.41, 5.74) is 13.1. The van der Waals surface area contributed by atoms with Gasteiger partial charge in [-0.1, -0.05) is 38.1 Å². The first-order chi connectivity index (χ1) is 19.0. The minimum Gasteiger partial charge on any atom is -0.449 e. The number of aliphatic hydroxyl groups is 1. The van der Waals surface area contributed by atoms with Crippen molar-refractivity contribution in [1.82, 2.24) is 0 Å². The van der Waals surface area contributed by atoms with Crippen molar-refractivity contribution in [3.05, 3.63) is 53.5 Å². The number of carbonyl (C=O) groups is 2. The highest BCUT2D eigenvalue weighted by atomic mass is 32.2. The van der Waals surface area contributed by atoms with Crippen LogP contribution in [0.3, 0.4) is 0 Å². The number of hydrogen-bond acceptors (Lipinski definition) is 8. The molecule has 0 aromatic heterocycles. The number of nitrogens with zero attached hydrogens (tertiary/aromatic N) is 1. The molecule has 0 aliphatic heterocycles. The van der Waals surface area contributed by atoms with Gasteiger partial charge in [0.05, 0.1) is 17.5 Å². The molecule has 5 N–H and O–H groups in total. The first-order valence-electron chi connectivity index (χ1n) is 14.3. The summed E-state index contributed by atoms with van der Waals surface area (Å²) in [6, 6.07) is 6.07. The number of thioether (sulfide) groups is 1. The number of halogens is 1. The summed E-state index contributed by atoms with van der Waals surface area (Å²) in [4.78, 5) is 31.0. The first-order valence-corrected chi connectivity index (χ1v) is 15.2. The fraction of sp³-hybridized carbons (Fsp3) is 0.581. The van der Waals surface area contributed by atoms with Crippen molar-refractivity contribution < 1.29 is 23.8 Å². The zero-order valence-corrected chi connectivity index (χ0v) is 24.3. The smallest absolute Gasteiger partial charge is 0.306 e. The summed E-state index contributed by atoms with van der Waals surface area (Å²) in [5, 5.41) is 11.7. The Kier molecular flexibility index (Phi) is 7.78. The molecule has 0 radical (unpaired) electrons. The lowest BCUT2D eigenvalue weighted by molar-refractivity contribution is -0.196. The normalized spacial score (nSPS) is 38.8. The number of hydrogen-bond donors (Lipinski definition) is 3. The quantitative estimate of drug-likeness (QED) is 0.330. The van der Waals surface area contributed by atoms with E-state index in [0.717, 1.165) is 42.3 Å². The number of rotatable bonds is 5. The van der Waals surface area contributed by atoms with E-state index >= 15 is 0 Å². The van der Waals surface area contributed by atoms with Gasteiger partial charge >= 0.3 is 5.97 Å². The second-order valence-electron chi connectivity index (χ2n) is 12.2. The summed E-state index contributed by atoms with van der Waals surface area (Å²) < 4.78 is 19.5. The van der Waals surface area contributed by atoms with Crippen LogP contribution in [0, 0.1) is 34.4 Å². The molecule has 5 rings (SSSR count). The number of allylic oxidation sites excluding steroid dienone is 3. The number of aliphatic imine (C=N–C) groups is 1. The highest BCUT2D eigenvalue weighted by Gasteiger charge is 2.70. The molecule has 0 amide bonds. The van der Waals surface area contributed by atoms with Gasteiger partial charge < -0.3 is 21.3 Å². The molecule has 9 heteroatoms. The third kappa shape index (κ3) is 4.45. The number of carbonyl (C=O) groups excluding carboxylic acids is 2. The predicted octanol–water partition coefficient (Wildman–Crippen LogP) is 5.15. The van der Waals surface area contributed by atoms with Crippen molar-refractivity contribution >= 4 is 34.2 Å². The van der Waals surface area contributed by atoms with Gasteiger partial charge in [0, 0.05) is 17.7 Å². The van der Waals surface area contributed by atoms with Gasteiger partial charge in [0.25, 0.3) is 0 Å². The lowest BCUT2D eigenvalue weighted by Crippen LogP contribution is -2.62. The van der Waals surface area contributed by atoms with Crippen LogP contribution in [0.4, 0.5) is 10.1 Å². The second-order valence-corrected chi connectivity index (χ2v) is 13.2. The molecule has 4 aliphatic rings. The Hall–Kier alpha value is -2.49. The van der Waals surface area contributed by atoms with Crippen LogP contribution in [-0.4, -0.2) is 39.5 Å². The molecule has 0 heterocycles. The van der Waals surface area contributed by atoms with E-state index < -0.39 is 23.1 Å².